The molecule has 0 atom stereocenters. The highest BCUT2D eigenvalue weighted by Crippen LogP contribution is 2.28. The Bertz CT molecular complexity index is 369. The van der Waals surface area contributed by atoms with Gasteiger partial charge in [-0.15, -0.1) is 6.58 Å². The fourth-order valence-corrected chi connectivity index (χ4v) is 1.39. The molecule has 0 bridgehead atoms. The van der Waals surface area contributed by atoms with Gasteiger partial charge in [-0.1, -0.05) is 6.08 Å². The van der Waals surface area contributed by atoms with E-state index >= 15 is 0 Å². The second-order valence-corrected chi connectivity index (χ2v) is 3.02. The lowest BCUT2D eigenvalue weighted by Gasteiger charge is -2.10. The maximum Gasteiger partial charge on any atom is 0.153 e. The average Bonchev–Trinajstić information content (AvgIpc) is 2.28. The molecule has 3 heteroatoms. The van der Waals surface area contributed by atoms with Gasteiger partial charge in [0.05, 0.1) is 19.8 Å². The summed E-state index contributed by atoms with van der Waals surface area (Å²) in [4.78, 5) is 10.8. The van der Waals surface area contributed by atoms with Crippen LogP contribution in [0.15, 0.2) is 24.8 Å². The van der Waals surface area contributed by atoms with E-state index in [4.69, 9.17) is 9.47 Å². The molecule has 0 fully saturated rings. The molecule has 3 nitrogen and oxygen atoms in total. The molecule has 0 aromatic heterocycles. The van der Waals surface area contributed by atoms with Crippen molar-refractivity contribution < 1.29 is 14.3 Å². The van der Waals surface area contributed by atoms with Crippen LogP contribution >= 0.6 is 0 Å². The topological polar surface area (TPSA) is 35.5 Å². The lowest BCUT2D eigenvalue weighted by molar-refractivity contribution is 0.112. The van der Waals surface area contributed by atoms with Crippen molar-refractivity contribution in [2.45, 2.75) is 6.42 Å². The van der Waals surface area contributed by atoms with E-state index in [2.05, 4.69) is 6.58 Å². The maximum absolute atomic E-state index is 10.8. The van der Waals surface area contributed by atoms with Gasteiger partial charge in [0.1, 0.15) is 11.5 Å². The third-order valence-electron chi connectivity index (χ3n) is 2.12. The van der Waals surface area contributed by atoms with Gasteiger partial charge in [-0.25, -0.2) is 0 Å². The number of ether oxygens (including phenoxy) is 2. The van der Waals surface area contributed by atoms with Crippen molar-refractivity contribution in [1.82, 2.24) is 0 Å². The van der Waals surface area contributed by atoms with Crippen molar-refractivity contribution in [2.24, 2.45) is 0 Å². The van der Waals surface area contributed by atoms with Crippen LogP contribution in [0.4, 0.5) is 0 Å². The van der Waals surface area contributed by atoms with E-state index in [0.717, 1.165) is 11.8 Å². The van der Waals surface area contributed by atoms with Crippen molar-refractivity contribution in [1.29, 1.82) is 0 Å². The third kappa shape index (κ3) is 2.37. The van der Waals surface area contributed by atoms with E-state index in [1.54, 1.807) is 25.3 Å². The fourth-order valence-electron chi connectivity index (χ4n) is 1.39. The molecule has 0 unspecified atom stereocenters. The van der Waals surface area contributed by atoms with Crippen molar-refractivity contribution >= 4 is 6.29 Å². The number of aldehydes is 1. The van der Waals surface area contributed by atoms with Crippen LogP contribution in [0.5, 0.6) is 11.5 Å². The highest BCUT2D eigenvalue weighted by Gasteiger charge is 2.09. The van der Waals surface area contributed by atoms with Gasteiger partial charge in [-0.05, 0) is 18.6 Å². The lowest BCUT2D eigenvalue weighted by atomic mass is 10.1. The maximum atomic E-state index is 10.8. The summed E-state index contributed by atoms with van der Waals surface area (Å²) >= 11 is 0. The Hall–Kier alpha value is -1.77. The smallest absolute Gasteiger partial charge is 0.153 e. The van der Waals surface area contributed by atoms with Crippen LogP contribution in [0.2, 0.25) is 0 Å². The summed E-state index contributed by atoms with van der Waals surface area (Å²) in [5.41, 5.74) is 1.44. The third-order valence-corrected chi connectivity index (χ3v) is 2.12. The van der Waals surface area contributed by atoms with Gasteiger partial charge in [-0.2, -0.15) is 0 Å². The van der Waals surface area contributed by atoms with Crippen LogP contribution in [0.25, 0.3) is 0 Å². The van der Waals surface area contributed by atoms with Gasteiger partial charge in [0.2, 0.25) is 0 Å². The number of carbonyl (C=O) groups excluding carboxylic acids is 1. The van der Waals surface area contributed by atoms with Crippen LogP contribution in [0.3, 0.4) is 0 Å². The zero-order chi connectivity index (χ0) is 11.3. The minimum Gasteiger partial charge on any atom is -0.496 e. The number of carbonyl (C=O) groups is 1. The highest BCUT2D eigenvalue weighted by molar-refractivity contribution is 5.80. The van der Waals surface area contributed by atoms with Crippen LogP contribution in [-0.4, -0.2) is 20.5 Å². The summed E-state index contributed by atoms with van der Waals surface area (Å²) in [6.07, 6.45) is 3.20. The molecule has 0 saturated heterocycles. The first-order chi connectivity index (χ1) is 7.26. The quantitative estimate of drug-likeness (QED) is 0.547. The van der Waals surface area contributed by atoms with Crippen molar-refractivity contribution in [3.8, 4) is 11.5 Å². The van der Waals surface area contributed by atoms with E-state index in [9.17, 15) is 4.79 Å². The van der Waals surface area contributed by atoms with Crippen molar-refractivity contribution in [2.75, 3.05) is 14.2 Å². The Morgan fingerprint density at radius 3 is 2.40 bits per heavy atom. The summed E-state index contributed by atoms with van der Waals surface area (Å²) in [6, 6.07) is 3.47. The summed E-state index contributed by atoms with van der Waals surface area (Å²) in [6.45, 7) is 3.66. The first-order valence-electron chi connectivity index (χ1n) is 4.57. The van der Waals surface area contributed by atoms with Gasteiger partial charge in [0.25, 0.3) is 0 Å². The first kappa shape index (κ1) is 11.3. The second kappa shape index (κ2) is 5.20. The normalized spacial score (nSPS) is 9.47. The van der Waals surface area contributed by atoms with Gasteiger partial charge in [0.15, 0.2) is 6.29 Å². The summed E-state index contributed by atoms with van der Waals surface area (Å²) in [5.74, 6) is 1.24. The Morgan fingerprint density at radius 1 is 1.27 bits per heavy atom. The Morgan fingerprint density at radius 2 is 1.93 bits per heavy atom. The second-order valence-electron chi connectivity index (χ2n) is 3.02. The SMILES string of the molecule is C=CCc1cc(OC)c(C=O)cc1OC. The Balaban J connectivity index is 3.26. The molecule has 1 aromatic carbocycles. The molecule has 0 aliphatic heterocycles. The summed E-state index contributed by atoms with van der Waals surface area (Å²) in [7, 11) is 3.11. The van der Waals surface area contributed by atoms with Crippen molar-refractivity contribution in [3.05, 3.63) is 35.9 Å². The molecule has 0 aliphatic rings. The zero-order valence-electron chi connectivity index (χ0n) is 8.95. The zero-order valence-corrected chi connectivity index (χ0v) is 8.95. The molecule has 0 radical (unpaired) electrons. The number of benzene rings is 1. The number of hydrogen-bond donors (Lipinski definition) is 0. The standard InChI is InChI=1S/C12H14O3/c1-4-5-9-6-12(15-3)10(8-13)7-11(9)14-2/h4,6-8H,1,5H2,2-3H3. The Kier molecular flexibility index (Phi) is 3.92. The minimum absolute atomic E-state index is 0.488. The summed E-state index contributed by atoms with van der Waals surface area (Å²) in [5, 5.41) is 0. The predicted octanol–water partition coefficient (Wildman–Crippen LogP) is 2.24. The van der Waals surface area contributed by atoms with E-state index in [-0.39, 0.29) is 0 Å². The largest absolute Gasteiger partial charge is 0.496 e. The predicted molar refractivity (Wildman–Crippen MR) is 58.8 cm³/mol. The van der Waals surface area contributed by atoms with E-state index in [0.29, 0.717) is 23.5 Å². The number of allylic oxidation sites excluding steroid dienone is 1. The van der Waals surface area contributed by atoms with Crippen LogP contribution in [0.1, 0.15) is 15.9 Å². The highest BCUT2D eigenvalue weighted by atomic mass is 16.5. The molecular weight excluding hydrogens is 192 g/mol. The van der Waals surface area contributed by atoms with E-state index < -0.39 is 0 Å². The monoisotopic (exact) mass is 206 g/mol. The van der Waals surface area contributed by atoms with E-state index in [1.807, 2.05) is 0 Å². The lowest BCUT2D eigenvalue weighted by Crippen LogP contribution is -1.97. The molecular formula is C12H14O3. The molecule has 80 valence electrons. The number of hydrogen-bond acceptors (Lipinski definition) is 3. The fraction of sp³-hybridized carbons (Fsp3) is 0.250. The molecule has 0 N–H and O–H groups in total. The molecule has 1 aromatic rings. The summed E-state index contributed by atoms with van der Waals surface area (Å²) < 4.78 is 10.3. The molecule has 0 aliphatic carbocycles. The van der Waals surface area contributed by atoms with Crippen LogP contribution in [0, 0.1) is 0 Å². The number of rotatable bonds is 5. The van der Waals surface area contributed by atoms with Gasteiger partial charge >= 0.3 is 0 Å². The molecule has 0 saturated carbocycles. The van der Waals surface area contributed by atoms with Crippen LogP contribution < -0.4 is 9.47 Å². The van der Waals surface area contributed by atoms with Crippen molar-refractivity contribution in [3.63, 3.8) is 0 Å². The molecule has 0 heterocycles. The van der Waals surface area contributed by atoms with E-state index in [1.165, 1.54) is 7.11 Å². The molecule has 0 amide bonds. The number of methoxy groups -OCH3 is 2. The average molecular weight is 206 g/mol. The van der Waals surface area contributed by atoms with Crippen LogP contribution in [-0.2, 0) is 6.42 Å². The minimum atomic E-state index is 0.488. The molecule has 0 spiro atoms. The first-order valence-corrected chi connectivity index (χ1v) is 4.57. The molecule has 15 heavy (non-hydrogen) atoms. The van der Waals surface area contributed by atoms with Gasteiger partial charge in [-0.3, -0.25) is 4.79 Å². The van der Waals surface area contributed by atoms with Gasteiger partial charge < -0.3 is 9.47 Å². The van der Waals surface area contributed by atoms with Gasteiger partial charge in [0, 0.05) is 5.56 Å². The molecule has 1 rings (SSSR count). The Labute approximate surface area is 89.3 Å².